The summed E-state index contributed by atoms with van der Waals surface area (Å²) in [5, 5.41) is 5.69. The fraction of sp³-hybridized carbons (Fsp3) is 0.160. The number of carbonyl (C=O) groups excluding carboxylic acids is 3. The maximum absolute atomic E-state index is 12.3. The van der Waals surface area contributed by atoms with E-state index in [0.717, 1.165) is 11.1 Å². The van der Waals surface area contributed by atoms with E-state index in [1.165, 1.54) is 12.1 Å². The molecule has 0 saturated heterocycles. The molecule has 0 aliphatic carbocycles. The van der Waals surface area contributed by atoms with Gasteiger partial charge in [-0.25, -0.2) is 4.79 Å². The average molecular weight is 432 g/mol. The van der Waals surface area contributed by atoms with Crippen LogP contribution in [0.15, 0.2) is 78.9 Å². The maximum Gasteiger partial charge on any atom is 0.513 e. The molecule has 3 aromatic carbocycles. The SMILES string of the molecule is CCOC(=O)Oc1ccc(C(=O)NCc2ccc(NC(=O)Cc3ccccc3)cc2)cc1. The fourth-order valence-electron chi connectivity index (χ4n) is 2.89. The summed E-state index contributed by atoms with van der Waals surface area (Å²) in [6.45, 7) is 2.24. The molecule has 7 heteroatoms. The Labute approximate surface area is 186 Å². The Morgan fingerprint density at radius 1 is 0.812 bits per heavy atom. The first-order chi connectivity index (χ1) is 15.5. The minimum atomic E-state index is -0.788. The summed E-state index contributed by atoms with van der Waals surface area (Å²) in [6, 6.07) is 23.0. The lowest BCUT2D eigenvalue weighted by Gasteiger charge is -2.09. The molecule has 2 N–H and O–H groups in total. The molecule has 2 amide bonds. The summed E-state index contributed by atoms with van der Waals surface area (Å²) < 4.78 is 9.67. The summed E-state index contributed by atoms with van der Waals surface area (Å²) in [5.74, 6) is -0.0505. The molecule has 7 nitrogen and oxygen atoms in total. The summed E-state index contributed by atoms with van der Waals surface area (Å²) in [6.07, 6.45) is -0.480. The first-order valence-electron chi connectivity index (χ1n) is 10.2. The highest BCUT2D eigenvalue weighted by Gasteiger charge is 2.09. The van der Waals surface area contributed by atoms with E-state index < -0.39 is 6.16 Å². The Morgan fingerprint density at radius 3 is 2.16 bits per heavy atom. The van der Waals surface area contributed by atoms with Gasteiger partial charge in [-0.15, -0.1) is 0 Å². The molecule has 32 heavy (non-hydrogen) atoms. The van der Waals surface area contributed by atoms with E-state index in [-0.39, 0.29) is 18.4 Å². The van der Waals surface area contributed by atoms with Crippen molar-refractivity contribution in [2.75, 3.05) is 11.9 Å². The van der Waals surface area contributed by atoms with Gasteiger partial charge in [0, 0.05) is 17.8 Å². The number of hydrogen-bond acceptors (Lipinski definition) is 5. The number of anilines is 1. The van der Waals surface area contributed by atoms with Crippen LogP contribution in [0.4, 0.5) is 10.5 Å². The minimum absolute atomic E-state index is 0.0902. The maximum atomic E-state index is 12.3. The normalized spacial score (nSPS) is 10.2. The Balaban J connectivity index is 1.46. The van der Waals surface area contributed by atoms with Crippen LogP contribution in [0.1, 0.15) is 28.4 Å². The van der Waals surface area contributed by atoms with Crippen LogP contribution in [0, 0.1) is 0 Å². The highest BCUT2D eigenvalue weighted by Crippen LogP contribution is 2.14. The summed E-state index contributed by atoms with van der Waals surface area (Å²) in [7, 11) is 0. The van der Waals surface area contributed by atoms with Crippen molar-refractivity contribution < 1.29 is 23.9 Å². The molecule has 0 bridgehead atoms. The Morgan fingerprint density at radius 2 is 1.50 bits per heavy atom. The monoisotopic (exact) mass is 432 g/mol. The lowest BCUT2D eigenvalue weighted by Crippen LogP contribution is -2.22. The number of rotatable bonds is 8. The number of benzene rings is 3. The van der Waals surface area contributed by atoms with E-state index in [1.807, 2.05) is 42.5 Å². The van der Waals surface area contributed by atoms with Crippen LogP contribution in [-0.4, -0.2) is 24.6 Å². The highest BCUT2D eigenvalue weighted by molar-refractivity contribution is 5.94. The zero-order chi connectivity index (χ0) is 22.8. The molecule has 0 aliphatic heterocycles. The van der Waals surface area contributed by atoms with Gasteiger partial charge in [-0.05, 0) is 54.4 Å². The number of carbonyl (C=O) groups is 3. The third kappa shape index (κ3) is 6.98. The van der Waals surface area contributed by atoms with Gasteiger partial charge in [0.2, 0.25) is 5.91 Å². The van der Waals surface area contributed by atoms with Gasteiger partial charge in [0.15, 0.2) is 0 Å². The molecule has 0 heterocycles. The average Bonchev–Trinajstić information content (AvgIpc) is 2.79. The molecule has 0 radical (unpaired) electrons. The molecular formula is C25H24N2O5. The van der Waals surface area contributed by atoms with E-state index in [1.54, 1.807) is 31.2 Å². The number of hydrogen-bond donors (Lipinski definition) is 2. The Kier molecular flexibility index (Phi) is 7.97. The molecule has 0 spiro atoms. The third-order valence-electron chi connectivity index (χ3n) is 4.48. The van der Waals surface area contributed by atoms with Crippen molar-refractivity contribution in [1.82, 2.24) is 5.32 Å². The second-order valence-corrected chi connectivity index (χ2v) is 6.90. The van der Waals surface area contributed by atoms with Gasteiger partial charge in [0.25, 0.3) is 5.91 Å². The van der Waals surface area contributed by atoms with Gasteiger partial charge < -0.3 is 20.1 Å². The summed E-state index contributed by atoms with van der Waals surface area (Å²) in [4.78, 5) is 35.8. The van der Waals surface area contributed by atoms with Crippen molar-refractivity contribution in [3.8, 4) is 5.75 Å². The van der Waals surface area contributed by atoms with E-state index in [2.05, 4.69) is 10.6 Å². The molecular weight excluding hydrogens is 408 g/mol. The molecule has 3 rings (SSSR count). The second kappa shape index (κ2) is 11.3. The van der Waals surface area contributed by atoms with E-state index in [9.17, 15) is 14.4 Å². The molecule has 0 unspecified atom stereocenters. The lowest BCUT2D eigenvalue weighted by molar-refractivity contribution is -0.115. The minimum Gasteiger partial charge on any atom is -0.434 e. The molecule has 0 aliphatic rings. The Hall–Kier alpha value is -4.13. The molecule has 0 saturated carbocycles. The van der Waals surface area contributed by atoms with Crippen LogP contribution in [-0.2, 0) is 22.5 Å². The Bertz CT molecular complexity index is 1050. The molecule has 164 valence electrons. The van der Waals surface area contributed by atoms with Crippen molar-refractivity contribution in [2.24, 2.45) is 0 Å². The smallest absolute Gasteiger partial charge is 0.434 e. The van der Waals surface area contributed by atoms with E-state index in [4.69, 9.17) is 9.47 Å². The van der Waals surface area contributed by atoms with Gasteiger partial charge in [0.05, 0.1) is 13.0 Å². The fourth-order valence-corrected chi connectivity index (χ4v) is 2.89. The van der Waals surface area contributed by atoms with Crippen molar-refractivity contribution >= 4 is 23.7 Å². The topological polar surface area (TPSA) is 93.7 Å². The molecule has 0 fully saturated rings. The third-order valence-corrected chi connectivity index (χ3v) is 4.48. The summed E-state index contributed by atoms with van der Waals surface area (Å²) in [5.41, 5.74) is 2.97. The van der Waals surface area contributed by atoms with Crippen LogP contribution in [0.2, 0.25) is 0 Å². The van der Waals surface area contributed by atoms with Crippen LogP contribution >= 0.6 is 0 Å². The van der Waals surface area contributed by atoms with E-state index >= 15 is 0 Å². The molecule has 0 atom stereocenters. The van der Waals surface area contributed by atoms with Crippen LogP contribution < -0.4 is 15.4 Å². The highest BCUT2D eigenvalue weighted by atomic mass is 16.7. The first-order valence-corrected chi connectivity index (χ1v) is 10.2. The van der Waals surface area contributed by atoms with Gasteiger partial charge in [0.1, 0.15) is 5.75 Å². The van der Waals surface area contributed by atoms with Crippen LogP contribution in [0.5, 0.6) is 5.75 Å². The lowest BCUT2D eigenvalue weighted by atomic mass is 10.1. The standard InChI is InChI=1S/C25H24N2O5/c1-2-31-25(30)32-22-14-10-20(11-15-22)24(29)26-17-19-8-12-21(13-9-19)27-23(28)16-18-6-4-3-5-7-18/h3-15H,2,16-17H2,1H3,(H,26,29)(H,27,28). The van der Waals surface area contributed by atoms with E-state index in [0.29, 0.717) is 30.0 Å². The van der Waals surface area contributed by atoms with Gasteiger partial charge in [-0.3, -0.25) is 9.59 Å². The van der Waals surface area contributed by atoms with Crippen molar-refractivity contribution in [3.05, 3.63) is 95.6 Å². The number of nitrogens with one attached hydrogen (secondary N) is 2. The number of amides is 2. The van der Waals surface area contributed by atoms with Crippen LogP contribution in [0.3, 0.4) is 0 Å². The zero-order valence-corrected chi connectivity index (χ0v) is 17.7. The van der Waals surface area contributed by atoms with Crippen molar-refractivity contribution in [3.63, 3.8) is 0 Å². The second-order valence-electron chi connectivity index (χ2n) is 6.90. The van der Waals surface area contributed by atoms with Crippen molar-refractivity contribution in [2.45, 2.75) is 19.9 Å². The predicted octanol–water partition coefficient (Wildman–Crippen LogP) is 4.33. The first kappa shape index (κ1) is 22.6. The van der Waals surface area contributed by atoms with Crippen molar-refractivity contribution in [1.29, 1.82) is 0 Å². The zero-order valence-electron chi connectivity index (χ0n) is 17.7. The van der Waals surface area contributed by atoms with Gasteiger partial charge >= 0.3 is 6.16 Å². The summed E-state index contributed by atoms with van der Waals surface area (Å²) >= 11 is 0. The quantitative estimate of drug-likeness (QED) is 0.408. The molecule has 0 aromatic heterocycles. The van der Waals surface area contributed by atoms with Gasteiger partial charge in [-0.1, -0.05) is 42.5 Å². The largest absolute Gasteiger partial charge is 0.513 e. The number of ether oxygens (including phenoxy) is 2. The molecule has 3 aromatic rings. The predicted molar refractivity (Wildman–Crippen MR) is 120 cm³/mol. The van der Waals surface area contributed by atoms with Crippen LogP contribution in [0.25, 0.3) is 0 Å². The van der Waals surface area contributed by atoms with Gasteiger partial charge in [-0.2, -0.15) is 0 Å².